The summed E-state index contributed by atoms with van der Waals surface area (Å²) in [6, 6.07) is 9.65. The number of rotatable bonds is 2. The van der Waals surface area contributed by atoms with Gasteiger partial charge in [0.05, 0.1) is 12.8 Å². The van der Waals surface area contributed by atoms with Crippen molar-refractivity contribution in [1.29, 1.82) is 0 Å². The first-order chi connectivity index (χ1) is 13.3. The fourth-order valence-corrected chi connectivity index (χ4v) is 3.75. The zero-order valence-electron chi connectivity index (χ0n) is 18.7. The maximum absolute atomic E-state index is 13.0. The molecule has 0 unspecified atom stereocenters. The highest BCUT2D eigenvalue weighted by Gasteiger charge is 2.31. The number of amides is 1. The molecule has 1 heterocycles. The van der Waals surface area contributed by atoms with E-state index >= 15 is 0 Å². The van der Waals surface area contributed by atoms with Crippen molar-refractivity contribution >= 4 is 23.2 Å². The summed E-state index contributed by atoms with van der Waals surface area (Å²) in [5.74, 6) is 1.01. The second-order valence-electron chi connectivity index (χ2n) is 9.77. The van der Waals surface area contributed by atoms with Crippen LogP contribution in [0, 0.1) is 0 Å². The second kappa shape index (κ2) is 6.94. The predicted molar refractivity (Wildman–Crippen MR) is 120 cm³/mol. The van der Waals surface area contributed by atoms with E-state index in [0.717, 1.165) is 27.9 Å². The van der Waals surface area contributed by atoms with Crippen LogP contribution in [0.25, 0.3) is 11.6 Å². The van der Waals surface area contributed by atoms with E-state index in [1.807, 2.05) is 36.4 Å². The third kappa shape index (κ3) is 3.76. The second-order valence-corrected chi connectivity index (χ2v) is 9.77. The highest BCUT2D eigenvalue weighted by molar-refractivity contribution is 6.35. The quantitative estimate of drug-likeness (QED) is 0.684. The summed E-state index contributed by atoms with van der Waals surface area (Å²) < 4.78 is 5.36. The molecule has 154 valence electrons. The molecule has 29 heavy (non-hydrogen) atoms. The van der Waals surface area contributed by atoms with Crippen molar-refractivity contribution in [2.24, 2.45) is 0 Å². The van der Waals surface area contributed by atoms with E-state index in [1.165, 1.54) is 0 Å². The van der Waals surface area contributed by atoms with Gasteiger partial charge < -0.3 is 14.7 Å². The van der Waals surface area contributed by atoms with E-state index in [9.17, 15) is 9.90 Å². The summed E-state index contributed by atoms with van der Waals surface area (Å²) in [7, 11) is 3.41. The Morgan fingerprint density at radius 2 is 1.52 bits per heavy atom. The van der Waals surface area contributed by atoms with E-state index in [1.54, 1.807) is 19.1 Å². The summed E-state index contributed by atoms with van der Waals surface area (Å²) in [4.78, 5) is 14.6. The van der Waals surface area contributed by atoms with Crippen molar-refractivity contribution in [1.82, 2.24) is 0 Å². The molecule has 1 aliphatic heterocycles. The standard InChI is InChI=1S/C25H31NO3/c1-24(2,3)19-12-15(13-20(22(19)27)25(4,5)6)11-18-17-14-16(29-8)9-10-21(17)26(7)23(18)28/h9-14,27H,1-8H3/b18-11+. The van der Waals surface area contributed by atoms with Gasteiger partial charge in [-0.25, -0.2) is 0 Å². The number of anilines is 1. The number of likely N-dealkylation sites (N-methyl/N-ethyl adjacent to an activating group) is 1. The van der Waals surface area contributed by atoms with Gasteiger partial charge >= 0.3 is 0 Å². The maximum atomic E-state index is 13.0. The van der Waals surface area contributed by atoms with Crippen LogP contribution in [-0.4, -0.2) is 25.2 Å². The minimum Gasteiger partial charge on any atom is -0.507 e. The summed E-state index contributed by atoms with van der Waals surface area (Å²) in [6.07, 6.45) is 1.92. The fourth-order valence-electron chi connectivity index (χ4n) is 3.75. The van der Waals surface area contributed by atoms with Crippen LogP contribution in [0.3, 0.4) is 0 Å². The Labute approximate surface area is 173 Å². The Morgan fingerprint density at radius 1 is 0.966 bits per heavy atom. The van der Waals surface area contributed by atoms with Crippen LogP contribution in [-0.2, 0) is 15.6 Å². The van der Waals surface area contributed by atoms with Crippen molar-refractivity contribution < 1.29 is 14.6 Å². The average molecular weight is 394 g/mol. The third-order valence-electron chi connectivity index (χ3n) is 5.45. The lowest BCUT2D eigenvalue weighted by molar-refractivity contribution is -0.112. The molecule has 0 bridgehead atoms. The van der Waals surface area contributed by atoms with Crippen molar-refractivity contribution in [3.63, 3.8) is 0 Å². The van der Waals surface area contributed by atoms with Gasteiger partial charge in [0.2, 0.25) is 0 Å². The number of phenols is 1. The molecular weight excluding hydrogens is 362 g/mol. The molecule has 2 aromatic carbocycles. The first-order valence-electron chi connectivity index (χ1n) is 9.90. The van der Waals surface area contributed by atoms with Gasteiger partial charge in [0.1, 0.15) is 11.5 Å². The van der Waals surface area contributed by atoms with Crippen LogP contribution in [0.2, 0.25) is 0 Å². The van der Waals surface area contributed by atoms with Gasteiger partial charge in [0.25, 0.3) is 5.91 Å². The summed E-state index contributed by atoms with van der Waals surface area (Å²) in [6.45, 7) is 12.5. The zero-order chi connectivity index (χ0) is 21.7. The summed E-state index contributed by atoms with van der Waals surface area (Å²) in [5, 5.41) is 11.0. The zero-order valence-corrected chi connectivity index (χ0v) is 18.7. The fraction of sp³-hybridized carbons (Fsp3) is 0.400. The van der Waals surface area contributed by atoms with Crippen molar-refractivity contribution in [3.8, 4) is 11.5 Å². The number of benzene rings is 2. The number of ether oxygens (including phenoxy) is 1. The van der Waals surface area contributed by atoms with Gasteiger partial charge in [0.15, 0.2) is 0 Å². The highest BCUT2D eigenvalue weighted by Crippen LogP contribution is 2.42. The first-order valence-corrected chi connectivity index (χ1v) is 9.90. The molecule has 0 atom stereocenters. The molecule has 0 radical (unpaired) electrons. The predicted octanol–water partition coefficient (Wildman–Crippen LogP) is 5.51. The van der Waals surface area contributed by atoms with Crippen LogP contribution >= 0.6 is 0 Å². The number of aromatic hydroxyl groups is 1. The monoisotopic (exact) mass is 393 g/mol. The molecule has 4 heteroatoms. The highest BCUT2D eigenvalue weighted by atomic mass is 16.5. The molecule has 3 rings (SSSR count). The Bertz CT molecular complexity index is 969. The van der Waals surface area contributed by atoms with Crippen LogP contribution < -0.4 is 9.64 Å². The smallest absolute Gasteiger partial charge is 0.258 e. The number of hydrogen-bond donors (Lipinski definition) is 1. The van der Waals surface area contributed by atoms with Gasteiger partial charge in [-0.1, -0.05) is 41.5 Å². The van der Waals surface area contributed by atoms with Gasteiger partial charge in [-0.2, -0.15) is 0 Å². The van der Waals surface area contributed by atoms with Gasteiger partial charge in [-0.15, -0.1) is 0 Å². The first kappa shape index (κ1) is 21.0. The van der Waals surface area contributed by atoms with Crippen molar-refractivity contribution in [2.45, 2.75) is 52.4 Å². The number of methoxy groups -OCH3 is 1. The molecule has 0 aliphatic carbocycles. The molecule has 4 nitrogen and oxygen atoms in total. The van der Waals surface area contributed by atoms with Crippen molar-refractivity contribution in [3.05, 3.63) is 52.6 Å². The average Bonchev–Trinajstić information content (AvgIpc) is 2.85. The molecule has 1 aliphatic rings. The number of carbonyl (C=O) groups is 1. The molecule has 0 saturated heterocycles. The number of fused-ring (bicyclic) bond motifs is 1. The normalized spacial score (nSPS) is 15.8. The Kier molecular flexibility index (Phi) is 5.02. The van der Waals surface area contributed by atoms with E-state index in [2.05, 4.69) is 41.5 Å². The minimum atomic E-state index is -0.226. The molecule has 2 aromatic rings. The topological polar surface area (TPSA) is 49.8 Å². The Morgan fingerprint density at radius 3 is 2.00 bits per heavy atom. The molecular formula is C25H31NO3. The van der Waals surface area contributed by atoms with Gasteiger partial charge in [-0.3, -0.25) is 4.79 Å². The number of carbonyl (C=O) groups excluding carboxylic acids is 1. The molecule has 0 spiro atoms. The molecule has 1 amide bonds. The molecule has 0 saturated carbocycles. The number of nitrogens with zero attached hydrogens (tertiary/aromatic N) is 1. The lowest BCUT2D eigenvalue weighted by atomic mass is 9.78. The molecule has 1 N–H and O–H groups in total. The third-order valence-corrected chi connectivity index (χ3v) is 5.45. The summed E-state index contributed by atoms with van der Waals surface area (Å²) >= 11 is 0. The van der Waals surface area contributed by atoms with Crippen LogP contribution in [0.4, 0.5) is 5.69 Å². The maximum Gasteiger partial charge on any atom is 0.258 e. The number of phenolic OH excluding ortho intramolecular Hbond substituents is 1. The lowest BCUT2D eigenvalue weighted by Crippen LogP contribution is -2.20. The van der Waals surface area contributed by atoms with E-state index < -0.39 is 0 Å². The number of hydrogen-bond acceptors (Lipinski definition) is 3. The van der Waals surface area contributed by atoms with E-state index in [-0.39, 0.29) is 16.7 Å². The SMILES string of the molecule is COc1ccc2c(c1)/C(=C\c1cc(C(C)(C)C)c(O)c(C(C)(C)C)c1)C(=O)N2C. The minimum absolute atomic E-state index is 0.0454. The van der Waals surface area contributed by atoms with Crippen LogP contribution in [0.1, 0.15) is 63.8 Å². The lowest BCUT2D eigenvalue weighted by Gasteiger charge is -2.28. The van der Waals surface area contributed by atoms with Gasteiger partial charge in [-0.05, 0) is 52.8 Å². The van der Waals surface area contributed by atoms with Crippen LogP contribution in [0.5, 0.6) is 11.5 Å². The summed E-state index contributed by atoms with van der Waals surface area (Å²) in [5.41, 5.74) is 4.57. The van der Waals surface area contributed by atoms with E-state index in [4.69, 9.17) is 4.74 Å². The Hall–Kier alpha value is -2.75. The van der Waals surface area contributed by atoms with Gasteiger partial charge in [0, 0.05) is 29.3 Å². The van der Waals surface area contributed by atoms with E-state index in [0.29, 0.717) is 17.1 Å². The van der Waals surface area contributed by atoms with Crippen molar-refractivity contribution in [2.75, 3.05) is 19.1 Å². The molecule has 0 fully saturated rings. The molecule has 0 aromatic heterocycles. The largest absolute Gasteiger partial charge is 0.507 e. The Balaban J connectivity index is 2.25. The van der Waals surface area contributed by atoms with Crippen LogP contribution in [0.15, 0.2) is 30.3 Å².